The number of hydrogen-bond donors (Lipinski definition) is 2. The minimum Gasteiger partial charge on any atom is -0.481 e. The molecule has 7 nitrogen and oxygen atoms in total. The number of nitrogens with zero attached hydrogens (tertiary/aromatic N) is 1. The van der Waals surface area contributed by atoms with E-state index in [0.717, 1.165) is 22.3 Å². The second-order valence-electron chi connectivity index (χ2n) is 9.79. The van der Waals surface area contributed by atoms with E-state index in [0.29, 0.717) is 13.0 Å². The normalized spacial score (nSPS) is 18.0. The zero-order valence-electron chi connectivity index (χ0n) is 20.0. The van der Waals surface area contributed by atoms with Crippen LogP contribution in [-0.4, -0.2) is 59.4 Å². The molecule has 2 unspecified atom stereocenters. The van der Waals surface area contributed by atoms with Gasteiger partial charge in [0.05, 0.1) is 0 Å². The number of halogens is 1. The van der Waals surface area contributed by atoms with E-state index in [1.54, 1.807) is 0 Å². The summed E-state index contributed by atoms with van der Waals surface area (Å²) < 4.78 is 19.9. The molecule has 2 N–H and O–H groups in total. The molecule has 0 bridgehead atoms. The first-order valence-electron chi connectivity index (χ1n) is 12.0. The largest absolute Gasteiger partial charge is 0.481 e. The Kier molecular flexibility index (Phi) is 7.10. The molecule has 8 heteroatoms. The van der Waals surface area contributed by atoms with Gasteiger partial charge >= 0.3 is 12.1 Å². The van der Waals surface area contributed by atoms with E-state index < -0.39 is 29.7 Å². The molecule has 2 aliphatic rings. The molecule has 1 fully saturated rings. The van der Waals surface area contributed by atoms with Gasteiger partial charge < -0.3 is 20.1 Å². The van der Waals surface area contributed by atoms with E-state index in [1.807, 2.05) is 48.5 Å². The average Bonchev–Trinajstić information content (AvgIpc) is 3.44. The monoisotopic (exact) mass is 482 g/mol. The topological polar surface area (TPSA) is 95.9 Å². The van der Waals surface area contributed by atoms with Gasteiger partial charge in [-0.05, 0) is 48.9 Å². The van der Waals surface area contributed by atoms with Gasteiger partial charge in [-0.3, -0.25) is 9.59 Å². The van der Waals surface area contributed by atoms with Gasteiger partial charge in [-0.15, -0.1) is 0 Å². The highest BCUT2D eigenvalue weighted by Gasteiger charge is 2.39. The van der Waals surface area contributed by atoms with Gasteiger partial charge in [-0.1, -0.05) is 48.5 Å². The predicted molar refractivity (Wildman–Crippen MR) is 129 cm³/mol. The molecule has 1 heterocycles. The third-order valence-electron chi connectivity index (χ3n) is 7.05. The first-order valence-corrected chi connectivity index (χ1v) is 12.0. The number of rotatable bonds is 8. The summed E-state index contributed by atoms with van der Waals surface area (Å²) in [6.07, 6.45) is -0.617. The molecule has 186 valence electrons. The molecule has 0 saturated carbocycles. The molecule has 0 radical (unpaired) electrons. The smallest absolute Gasteiger partial charge is 0.407 e. The first-order chi connectivity index (χ1) is 16.6. The zero-order chi connectivity index (χ0) is 25.2. The van der Waals surface area contributed by atoms with Crippen LogP contribution in [0.3, 0.4) is 0 Å². The van der Waals surface area contributed by atoms with Crippen LogP contribution in [0.25, 0.3) is 11.1 Å². The lowest BCUT2D eigenvalue weighted by Crippen LogP contribution is -2.48. The van der Waals surface area contributed by atoms with E-state index in [4.69, 9.17) is 9.84 Å². The maximum Gasteiger partial charge on any atom is 0.407 e. The number of ether oxygens (including phenoxy) is 1. The lowest BCUT2D eigenvalue weighted by molar-refractivity contribution is -0.137. The van der Waals surface area contributed by atoms with Gasteiger partial charge in [0.2, 0.25) is 5.91 Å². The summed E-state index contributed by atoms with van der Waals surface area (Å²) in [6, 6.07) is 14.9. The zero-order valence-corrected chi connectivity index (χ0v) is 20.0. The van der Waals surface area contributed by atoms with E-state index in [-0.39, 0.29) is 37.8 Å². The molecule has 0 aromatic heterocycles. The SMILES string of the molecule is CC(C)(F)C1CCN(C(=O)C(CCC(=O)O)NC(=O)OCC2c3ccccc3-c3ccccc32)C1. The molecule has 2 atom stereocenters. The minimum absolute atomic E-state index is 0.0709. The van der Waals surface area contributed by atoms with Gasteiger partial charge in [0.15, 0.2) is 0 Å². The summed E-state index contributed by atoms with van der Waals surface area (Å²) in [4.78, 5) is 38.4. The fourth-order valence-corrected chi connectivity index (χ4v) is 5.05. The highest BCUT2D eigenvalue weighted by molar-refractivity contribution is 5.86. The number of hydrogen-bond acceptors (Lipinski definition) is 4. The third-order valence-corrected chi connectivity index (χ3v) is 7.05. The number of aliphatic carboxylic acids is 1. The van der Waals surface area contributed by atoms with Gasteiger partial charge in [0.25, 0.3) is 0 Å². The van der Waals surface area contributed by atoms with Crippen molar-refractivity contribution in [1.29, 1.82) is 0 Å². The highest BCUT2D eigenvalue weighted by atomic mass is 19.1. The quantitative estimate of drug-likeness (QED) is 0.583. The Morgan fingerprint density at radius 2 is 1.71 bits per heavy atom. The molecular weight excluding hydrogens is 451 g/mol. The van der Waals surface area contributed by atoms with Crippen molar-refractivity contribution in [2.75, 3.05) is 19.7 Å². The fraction of sp³-hybridized carbons (Fsp3) is 0.444. The van der Waals surface area contributed by atoms with Gasteiger partial charge in [0, 0.05) is 31.3 Å². The summed E-state index contributed by atoms with van der Waals surface area (Å²) >= 11 is 0. The van der Waals surface area contributed by atoms with Crippen LogP contribution in [0, 0.1) is 5.92 Å². The molecular formula is C27H31FN2O5. The number of alkyl carbamates (subject to hydrolysis) is 1. The van der Waals surface area contributed by atoms with Crippen LogP contribution in [0.2, 0.25) is 0 Å². The number of carbonyl (C=O) groups excluding carboxylic acids is 2. The molecule has 2 amide bonds. The summed E-state index contributed by atoms with van der Waals surface area (Å²) in [6.45, 7) is 3.66. The highest BCUT2D eigenvalue weighted by Crippen LogP contribution is 2.44. The van der Waals surface area contributed by atoms with Crippen LogP contribution in [0.4, 0.5) is 9.18 Å². The second kappa shape index (κ2) is 10.1. The first kappa shape index (κ1) is 24.7. The van der Waals surface area contributed by atoms with Crippen LogP contribution in [0.1, 0.15) is 50.2 Å². The lowest BCUT2D eigenvalue weighted by atomic mass is 9.92. The molecule has 1 saturated heterocycles. The molecule has 35 heavy (non-hydrogen) atoms. The van der Waals surface area contributed by atoms with Crippen molar-refractivity contribution in [3.8, 4) is 11.1 Å². The number of amides is 2. The maximum atomic E-state index is 14.3. The van der Waals surface area contributed by atoms with Crippen LogP contribution in [0.15, 0.2) is 48.5 Å². The summed E-state index contributed by atoms with van der Waals surface area (Å²) in [5.41, 5.74) is 2.91. The Balaban J connectivity index is 1.41. The number of alkyl halides is 1. The van der Waals surface area contributed by atoms with Crippen molar-refractivity contribution in [2.24, 2.45) is 5.92 Å². The minimum atomic E-state index is -1.42. The van der Waals surface area contributed by atoms with Crippen molar-refractivity contribution in [3.05, 3.63) is 59.7 Å². The molecule has 4 rings (SSSR count). The summed E-state index contributed by atoms with van der Waals surface area (Å²) in [5, 5.41) is 11.7. The van der Waals surface area contributed by atoms with Crippen molar-refractivity contribution in [3.63, 3.8) is 0 Å². The number of benzene rings is 2. The maximum absolute atomic E-state index is 14.3. The predicted octanol–water partition coefficient (Wildman–Crippen LogP) is 4.36. The molecule has 2 aromatic carbocycles. The average molecular weight is 483 g/mol. The van der Waals surface area contributed by atoms with Crippen molar-refractivity contribution in [2.45, 2.75) is 50.7 Å². The van der Waals surface area contributed by atoms with Gasteiger partial charge in [-0.25, -0.2) is 9.18 Å². The Morgan fingerprint density at radius 3 is 2.26 bits per heavy atom. The van der Waals surface area contributed by atoms with Crippen molar-refractivity contribution < 1.29 is 28.6 Å². The van der Waals surface area contributed by atoms with Crippen molar-refractivity contribution >= 4 is 18.0 Å². The molecule has 1 aliphatic heterocycles. The van der Waals surface area contributed by atoms with E-state index >= 15 is 0 Å². The molecule has 0 spiro atoms. The third kappa shape index (κ3) is 5.47. The van der Waals surface area contributed by atoms with E-state index in [9.17, 15) is 18.8 Å². The Bertz CT molecular complexity index is 1070. The Hall–Kier alpha value is -3.42. The standard InChI is InChI=1S/C27H31FN2O5/c1-27(2,28)17-13-14-30(15-17)25(33)23(11-12-24(31)32)29-26(34)35-16-22-20-9-5-3-7-18(20)19-8-4-6-10-21(19)22/h3-10,17,22-23H,11-16H2,1-2H3,(H,29,34)(H,31,32). The van der Waals surface area contributed by atoms with Crippen molar-refractivity contribution in [1.82, 2.24) is 10.2 Å². The summed E-state index contributed by atoms with van der Waals surface area (Å²) in [5.74, 6) is -1.92. The fourth-order valence-electron chi connectivity index (χ4n) is 5.05. The van der Waals surface area contributed by atoms with E-state index in [2.05, 4.69) is 5.32 Å². The second-order valence-corrected chi connectivity index (χ2v) is 9.79. The van der Waals surface area contributed by atoms with Crippen LogP contribution in [-0.2, 0) is 14.3 Å². The van der Waals surface area contributed by atoms with Gasteiger partial charge in [0.1, 0.15) is 18.3 Å². The molecule has 2 aromatic rings. The van der Waals surface area contributed by atoms with Crippen LogP contribution in [0.5, 0.6) is 0 Å². The molecule has 1 aliphatic carbocycles. The van der Waals surface area contributed by atoms with Crippen LogP contribution >= 0.6 is 0 Å². The lowest BCUT2D eigenvalue weighted by Gasteiger charge is -2.26. The Morgan fingerprint density at radius 1 is 1.11 bits per heavy atom. The van der Waals surface area contributed by atoms with Crippen LogP contribution < -0.4 is 5.32 Å². The number of carboxylic acids is 1. The number of carboxylic acid groups (broad SMARTS) is 1. The Labute approximate surface area is 204 Å². The number of fused-ring (bicyclic) bond motifs is 3. The number of carbonyl (C=O) groups is 3. The van der Waals surface area contributed by atoms with Gasteiger partial charge in [-0.2, -0.15) is 0 Å². The number of likely N-dealkylation sites (tertiary alicyclic amines) is 1. The summed E-state index contributed by atoms with van der Waals surface area (Å²) in [7, 11) is 0. The number of nitrogens with one attached hydrogen (secondary N) is 1. The van der Waals surface area contributed by atoms with E-state index in [1.165, 1.54) is 18.7 Å².